The molecule has 0 saturated heterocycles. The maximum absolute atomic E-state index is 12.5. The van der Waals surface area contributed by atoms with Crippen LogP contribution in [0.25, 0.3) is 11.1 Å². The summed E-state index contributed by atoms with van der Waals surface area (Å²) in [5.41, 5.74) is 0.445. The minimum atomic E-state index is -0.617. The highest BCUT2D eigenvalue weighted by Gasteiger charge is 2.17. The third-order valence-corrected chi connectivity index (χ3v) is 5.88. The van der Waals surface area contributed by atoms with Crippen LogP contribution in [-0.2, 0) is 11.3 Å². The molecule has 0 aliphatic heterocycles. The summed E-state index contributed by atoms with van der Waals surface area (Å²) >= 11 is 0. The number of hydrogen-bond acceptors (Lipinski definition) is 7. The monoisotopic (exact) mass is 454 g/mol. The van der Waals surface area contributed by atoms with Crippen molar-refractivity contribution in [2.24, 2.45) is 5.92 Å². The average molecular weight is 454 g/mol. The summed E-state index contributed by atoms with van der Waals surface area (Å²) < 4.78 is 12.4. The Labute approximate surface area is 189 Å². The Bertz CT molecular complexity index is 1200. The van der Waals surface area contributed by atoms with Crippen molar-refractivity contribution in [2.45, 2.75) is 51.5 Å². The van der Waals surface area contributed by atoms with Gasteiger partial charge in [-0.25, -0.2) is 9.78 Å². The number of fused-ring (bicyclic) bond motifs is 1. The minimum Gasteiger partial charge on any atom is -0.489 e. The molecule has 0 radical (unpaired) electrons. The molecular formula is C23H26N4O6. The number of rotatable bonds is 9. The summed E-state index contributed by atoms with van der Waals surface area (Å²) in [7, 11) is 0. The molecule has 0 bridgehead atoms. The largest absolute Gasteiger partial charge is 0.489 e. The Morgan fingerprint density at radius 2 is 2.09 bits per heavy atom. The smallest absolute Gasteiger partial charge is 0.419 e. The first kappa shape index (κ1) is 22.5. The fourth-order valence-corrected chi connectivity index (χ4v) is 4.13. The second kappa shape index (κ2) is 10.3. The van der Waals surface area contributed by atoms with E-state index in [0.717, 1.165) is 12.8 Å². The van der Waals surface area contributed by atoms with Crippen LogP contribution in [0.15, 0.2) is 45.7 Å². The van der Waals surface area contributed by atoms with Crippen molar-refractivity contribution in [3.05, 3.63) is 57.2 Å². The van der Waals surface area contributed by atoms with Crippen molar-refractivity contribution < 1.29 is 18.9 Å². The third-order valence-electron chi connectivity index (χ3n) is 5.88. The lowest BCUT2D eigenvalue weighted by Gasteiger charge is -2.22. The van der Waals surface area contributed by atoms with E-state index in [0.29, 0.717) is 36.0 Å². The van der Waals surface area contributed by atoms with Crippen LogP contribution in [0, 0.1) is 16.0 Å². The third kappa shape index (κ3) is 5.57. The zero-order chi connectivity index (χ0) is 23.2. The first-order valence-corrected chi connectivity index (χ1v) is 11.2. The number of hydrogen-bond donors (Lipinski definition) is 1. The number of oxazole rings is 1. The molecule has 10 nitrogen and oxygen atoms in total. The van der Waals surface area contributed by atoms with E-state index >= 15 is 0 Å². The van der Waals surface area contributed by atoms with Crippen molar-refractivity contribution >= 4 is 28.5 Å². The molecule has 0 unspecified atom stereocenters. The van der Waals surface area contributed by atoms with Gasteiger partial charge in [-0.3, -0.25) is 19.5 Å². The van der Waals surface area contributed by atoms with Gasteiger partial charge in [0.1, 0.15) is 0 Å². The fourth-order valence-electron chi connectivity index (χ4n) is 4.13. The first-order valence-electron chi connectivity index (χ1n) is 11.2. The molecule has 2 aromatic heterocycles. The van der Waals surface area contributed by atoms with Gasteiger partial charge < -0.3 is 14.5 Å². The number of nitrogens with zero attached hydrogens (tertiary/aromatic N) is 3. The van der Waals surface area contributed by atoms with Crippen LogP contribution in [0.1, 0.15) is 44.9 Å². The zero-order valence-electron chi connectivity index (χ0n) is 18.2. The fraction of sp³-hybridized carbons (Fsp3) is 0.435. The van der Waals surface area contributed by atoms with Crippen LogP contribution in [0.3, 0.4) is 0 Å². The molecule has 3 aromatic rings. The Kier molecular flexibility index (Phi) is 7.01. The topological polar surface area (TPSA) is 130 Å². The maximum Gasteiger partial charge on any atom is 0.419 e. The van der Waals surface area contributed by atoms with Gasteiger partial charge >= 0.3 is 5.76 Å². The SMILES string of the molecule is O=C(CCCn1c(=O)oc2cc([N+](=O)[O-])ccc21)Nc1ncccc1OCC1CCCCC1. The van der Waals surface area contributed by atoms with E-state index in [1.165, 1.54) is 42.0 Å². The molecular weight excluding hydrogens is 428 g/mol. The normalized spacial score (nSPS) is 14.3. The van der Waals surface area contributed by atoms with Crippen LogP contribution in [0.4, 0.5) is 11.5 Å². The summed E-state index contributed by atoms with van der Waals surface area (Å²) in [6.45, 7) is 0.855. The second-order valence-corrected chi connectivity index (χ2v) is 8.25. The molecule has 0 atom stereocenters. The van der Waals surface area contributed by atoms with Crippen molar-refractivity contribution in [2.75, 3.05) is 11.9 Å². The Morgan fingerprint density at radius 3 is 2.88 bits per heavy atom. The van der Waals surface area contributed by atoms with Crippen LogP contribution in [0.2, 0.25) is 0 Å². The van der Waals surface area contributed by atoms with Gasteiger partial charge in [-0.05, 0) is 43.4 Å². The Balaban J connectivity index is 1.32. The molecule has 1 N–H and O–H groups in total. The van der Waals surface area contributed by atoms with Gasteiger partial charge in [-0.15, -0.1) is 0 Å². The minimum absolute atomic E-state index is 0.145. The first-order chi connectivity index (χ1) is 16.0. The van der Waals surface area contributed by atoms with Gasteiger partial charge in [-0.1, -0.05) is 19.3 Å². The number of nitro benzene ring substituents is 1. The number of aromatic nitrogens is 2. The molecule has 4 rings (SSSR count). The molecule has 0 spiro atoms. The molecule has 10 heteroatoms. The summed E-state index contributed by atoms with van der Waals surface area (Å²) in [5, 5.41) is 13.7. The lowest BCUT2D eigenvalue weighted by atomic mass is 9.90. The number of carbonyl (C=O) groups excluding carboxylic acids is 1. The summed E-state index contributed by atoms with van der Waals surface area (Å²) in [6.07, 6.45) is 8.21. The quantitative estimate of drug-likeness (QED) is 0.377. The summed E-state index contributed by atoms with van der Waals surface area (Å²) in [4.78, 5) is 39.2. The lowest BCUT2D eigenvalue weighted by Crippen LogP contribution is -2.19. The zero-order valence-corrected chi connectivity index (χ0v) is 18.2. The molecule has 1 aliphatic carbocycles. The second-order valence-electron chi connectivity index (χ2n) is 8.25. The van der Waals surface area contributed by atoms with Gasteiger partial charge in [-0.2, -0.15) is 0 Å². The molecule has 1 fully saturated rings. The highest BCUT2D eigenvalue weighted by molar-refractivity contribution is 5.91. The van der Waals surface area contributed by atoms with E-state index in [1.807, 2.05) is 0 Å². The van der Waals surface area contributed by atoms with E-state index in [1.54, 1.807) is 18.3 Å². The van der Waals surface area contributed by atoms with Crippen LogP contribution in [-0.4, -0.2) is 27.0 Å². The van der Waals surface area contributed by atoms with E-state index < -0.39 is 10.7 Å². The number of aryl methyl sites for hydroxylation is 1. The highest BCUT2D eigenvalue weighted by Crippen LogP contribution is 2.27. The summed E-state index contributed by atoms with van der Waals surface area (Å²) in [6, 6.07) is 7.57. The number of nitrogens with one attached hydrogen (secondary N) is 1. The molecule has 1 amide bonds. The van der Waals surface area contributed by atoms with Crippen LogP contribution >= 0.6 is 0 Å². The molecule has 2 heterocycles. The van der Waals surface area contributed by atoms with Crippen molar-refractivity contribution in [3.63, 3.8) is 0 Å². The standard InChI is InChI=1S/C23H26N4O6/c28-21(25-22-19(8-4-12-24-22)32-15-16-6-2-1-3-7-16)9-5-13-26-18-11-10-17(27(30)31)14-20(18)33-23(26)29/h4,8,10-12,14,16H,1-3,5-7,9,13,15H2,(H,24,25,28). The number of benzene rings is 1. The highest BCUT2D eigenvalue weighted by atomic mass is 16.6. The lowest BCUT2D eigenvalue weighted by molar-refractivity contribution is -0.384. The number of amides is 1. The van der Waals surface area contributed by atoms with Gasteiger partial charge in [0, 0.05) is 25.2 Å². The van der Waals surface area contributed by atoms with Gasteiger partial charge in [0.15, 0.2) is 17.2 Å². The Hall–Kier alpha value is -3.69. The molecule has 174 valence electrons. The molecule has 1 saturated carbocycles. The predicted octanol–water partition coefficient (Wildman–Crippen LogP) is 4.28. The van der Waals surface area contributed by atoms with Gasteiger partial charge in [0.05, 0.1) is 23.1 Å². The molecule has 1 aromatic carbocycles. The van der Waals surface area contributed by atoms with Gasteiger partial charge in [0.2, 0.25) is 5.91 Å². The maximum atomic E-state index is 12.5. The van der Waals surface area contributed by atoms with Crippen LogP contribution < -0.4 is 15.8 Å². The Morgan fingerprint density at radius 1 is 1.27 bits per heavy atom. The number of nitro groups is 1. The van der Waals surface area contributed by atoms with Crippen molar-refractivity contribution in [3.8, 4) is 5.75 Å². The predicted molar refractivity (Wildman–Crippen MR) is 121 cm³/mol. The van der Waals surface area contributed by atoms with Crippen molar-refractivity contribution in [1.29, 1.82) is 0 Å². The molecule has 1 aliphatic rings. The number of carbonyl (C=O) groups is 1. The van der Waals surface area contributed by atoms with E-state index in [2.05, 4.69) is 10.3 Å². The van der Waals surface area contributed by atoms with E-state index in [-0.39, 0.29) is 30.1 Å². The van der Waals surface area contributed by atoms with Crippen LogP contribution in [0.5, 0.6) is 5.75 Å². The number of ether oxygens (including phenoxy) is 1. The average Bonchev–Trinajstić information content (AvgIpc) is 3.13. The van der Waals surface area contributed by atoms with Gasteiger partial charge in [0.25, 0.3) is 5.69 Å². The number of anilines is 1. The van der Waals surface area contributed by atoms with Crippen molar-refractivity contribution in [1.82, 2.24) is 9.55 Å². The van der Waals surface area contributed by atoms with E-state index in [9.17, 15) is 19.7 Å². The number of non-ortho nitro benzene ring substituents is 1. The summed E-state index contributed by atoms with van der Waals surface area (Å²) in [5.74, 6) is 0.611. The number of pyridine rings is 1. The molecule has 33 heavy (non-hydrogen) atoms. The van der Waals surface area contributed by atoms with E-state index in [4.69, 9.17) is 9.15 Å².